The van der Waals surface area contributed by atoms with Gasteiger partial charge in [-0.25, -0.2) is 0 Å². The van der Waals surface area contributed by atoms with Gasteiger partial charge in [-0.2, -0.15) is 0 Å². The van der Waals surface area contributed by atoms with Crippen LogP contribution in [0.1, 0.15) is 23.1 Å². The summed E-state index contributed by atoms with van der Waals surface area (Å²) in [5, 5.41) is 8.29. The third-order valence-electron chi connectivity index (χ3n) is 5.57. The summed E-state index contributed by atoms with van der Waals surface area (Å²) in [5.41, 5.74) is 4.80. The Morgan fingerprint density at radius 1 is 1.06 bits per heavy atom. The van der Waals surface area contributed by atoms with Gasteiger partial charge in [0.1, 0.15) is 6.61 Å². The first-order valence-electron chi connectivity index (χ1n) is 10.6. The molecule has 2 aromatic carbocycles. The molecule has 1 aromatic heterocycles. The van der Waals surface area contributed by atoms with Crippen LogP contribution in [0.5, 0.6) is 17.4 Å². The van der Waals surface area contributed by atoms with Crippen molar-refractivity contribution >= 4 is 5.91 Å². The fraction of sp³-hybridized carbons (Fsp3) is 0.320. The number of carbonyl (C=O) groups excluding carboxylic acids is 1. The lowest BCUT2D eigenvalue weighted by Gasteiger charge is -2.20. The quantitative estimate of drug-likeness (QED) is 0.588. The highest BCUT2D eigenvalue weighted by Crippen LogP contribution is 2.38. The third-order valence-corrected chi connectivity index (χ3v) is 5.57. The minimum absolute atomic E-state index is 0.107. The van der Waals surface area contributed by atoms with Gasteiger partial charge >= 0.3 is 0 Å². The van der Waals surface area contributed by atoms with Crippen molar-refractivity contribution in [2.24, 2.45) is 0 Å². The number of rotatable bonds is 6. The predicted octanol–water partition coefficient (Wildman–Crippen LogP) is 3.82. The Morgan fingerprint density at radius 3 is 2.56 bits per heavy atom. The van der Waals surface area contributed by atoms with E-state index in [0.717, 1.165) is 16.7 Å². The molecule has 32 heavy (non-hydrogen) atoms. The standard InChI is InChI=1S/C25H27N3O4/c1-17-4-6-18(7-5-17)8-11-24(29)28-12-13-32-25-20(16-28)14-19(15-22(25)30-2)21-9-10-23(31-3)27-26-21/h4-7,9-10,14-15H,8,11-13,16H2,1-3H3. The van der Waals surface area contributed by atoms with Gasteiger partial charge in [-0.3, -0.25) is 4.79 Å². The van der Waals surface area contributed by atoms with Gasteiger partial charge in [0.15, 0.2) is 11.5 Å². The van der Waals surface area contributed by atoms with Gasteiger partial charge in [0.05, 0.1) is 26.5 Å². The lowest BCUT2D eigenvalue weighted by atomic mass is 10.0. The smallest absolute Gasteiger partial charge is 0.233 e. The molecule has 0 unspecified atom stereocenters. The van der Waals surface area contributed by atoms with E-state index in [1.165, 1.54) is 5.56 Å². The summed E-state index contributed by atoms with van der Waals surface area (Å²) in [5.74, 6) is 1.84. The summed E-state index contributed by atoms with van der Waals surface area (Å²) in [4.78, 5) is 14.8. The maximum absolute atomic E-state index is 13.0. The predicted molar refractivity (Wildman–Crippen MR) is 121 cm³/mol. The molecule has 1 aliphatic rings. The summed E-state index contributed by atoms with van der Waals surface area (Å²) in [6, 6.07) is 15.8. The van der Waals surface area contributed by atoms with E-state index in [4.69, 9.17) is 14.2 Å². The van der Waals surface area contributed by atoms with Gasteiger partial charge in [-0.15, -0.1) is 10.2 Å². The number of ether oxygens (including phenoxy) is 3. The molecule has 166 valence electrons. The van der Waals surface area contributed by atoms with Gasteiger partial charge < -0.3 is 19.1 Å². The number of nitrogens with zero attached hydrogens (tertiary/aromatic N) is 3. The van der Waals surface area contributed by atoms with Crippen LogP contribution in [0.2, 0.25) is 0 Å². The zero-order valence-electron chi connectivity index (χ0n) is 18.6. The van der Waals surface area contributed by atoms with Gasteiger partial charge in [0.2, 0.25) is 11.8 Å². The minimum atomic E-state index is 0.107. The Bertz CT molecular complexity index is 1080. The fourth-order valence-electron chi connectivity index (χ4n) is 3.74. The van der Waals surface area contributed by atoms with Crippen molar-refractivity contribution in [3.8, 4) is 28.6 Å². The Labute approximate surface area is 187 Å². The van der Waals surface area contributed by atoms with Gasteiger partial charge in [0.25, 0.3) is 0 Å². The number of hydrogen-bond donors (Lipinski definition) is 0. The number of benzene rings is 2. The number of aryl methyl sites for hydroxylation is 2. The number of aromatic nitrogens is 2. The fourth-order valence-corrected chi connectivity index (χ4v) is 3.74. The molecule has 1 amide bonds. The highest BCUT2D eigenvalue weighted by molar-refractivity contribution is 5.77. The zero-order valence-corrected chi connectivity index (χ0v) is 18.6. The molecule has 0 aliphatic carbocycles. The van der Waals surface area contributed by atoms with Crippen LogP contribution in [0.25, 0.3) is 11.3 Å². The summed E-state index contributed by atoms with van der Waals surface area (Å²) in [6.07, 6.45) is 1.17. The van der Waals surface area contributed by atoms with Crippen molar-refractivity contribution in [2.45, 2.75) is 26.3 Å². The lowest BCUT2D eigenvalue weighted by molar-refractivity contribution is -0.131. The van der Waals surface area contributed by atoms with Crippen LogP contribution in [-0.4, -0.2) is 48.4 Å². The van der Waals surface area contributed by atoms with Crippen LogP contribution in [0.3, 0.4) is 0 Å². The van der Waals surface area contributed by atoms with Gasteiger partial charge in [0, 0.05) is 30.2 Å². The Morgan fingerprint density at radius 2 is 1.88 bits per heavy atom. The molecule has 2 heterocycles. The van der Waals surface area contributed by atoms with Crippen molar-refractivity contribution in [1.82, 2.24) is 15.1 Å². The first-order chi connectivity index (χ1) is 15.6. The van der Waals surface area contributed by atoms with E-state index >= 15 is 0 Å². The molecule has 7 heteroatoms. The van der Waals surface area contributed by atoms with Crippen molar-refractivity contribution in [3.63, 3.8) is 0 Å². The first kappa shape index (κ1) is 21.6. The third kappa shape index (κ3) is 4.82. The first-order valence-corrected chi connectivity index (χ1v) is 10.6. The molecule has 0 N–H and O–H groups in total. The van der Waals surface area contributed by atoms with E-state index in [-0.39, 0.29) is 5.91 Å². The summed E-state index contributed by atoms with van der Waals surface area (Å²) < 4.78 is 16.7. The molecule has 0 fully saturated rings. The van der Waals surface area contributed by atoms with E-state index in [1.807, 2.05) is 23.1 Å². The van der Waals surface area contributed by atoms with E-state index in [9.17, 15) is 4.79 Å². The van der Waals surface area contributed by atoms with Crippen LogP contribution in [0.15, 0.2) is 48.5 Å². The monoisotopic (exact) mass is 433 g/mol. The second-order valence-corrected chi connectivity index (χ2v) is 7.78. The molecule has 0 radical (unpaired) electrons. The minimum Gasteiger partial charge on any atom is -0.493 e. The topological polar surface area (TPSA) is 73.8 Å². The van der Waals surface area contributed by atoms with E-state index in [1.54, 1.807) is 20.3 Å². The number of carbonyl (C=O) groups is 1. The summed E-state index contributed by atoms with van der Waals surface area (Å²) in [7, 11) is 3.16. The van der Waals surface area contributed by atoms with Crippen molar-refractivity contribution in [2.75, 3.05) is 27.4 Å². The molecule has 4 rings (SSSR count). The van der Waals surface area contributed by atoms with Crippen LogP contribution in [-0.2, 0) is 17.8 Å². The second kappa shape index (κ2) is 9.68. The number of fused-ring (bicyclic) bond motifs is 1. The average Bonchev–Trinajstić information content (AvgIpc) is 3.05. The van der Waals surface area contributed by atoms with E-state index < -0.39 is 0 Å². The number of hydrogen-bond acceptors (Lipinski definition) is 6. The second-order valence-electron chi connectivity index (χ2n) is 7.78. The van der Waals surface area contributed by atoms with Crippen molar-refractivity contribution in [1.29, 1.82) is 0 Å². The van der Waals surface area contributed by atoms with Crippen LogP contribution < -0.4 is 14.2 Å². The molecule has 0 bridgehead atoms. The number of amides is 1. The van der Waals surface area contributed by atoms with Crippen molar-refractivity contribution in [3.05, 3.63) is 65.2 Å². The summed E-state index contributed by atoms with van der Waals surface area (Å²) >= 11 is 0. The molecule has 7 nitrogen and oxygen atoms in total. The van der Waals surface area contributed by atoms with Crippen LogP contribution in [0, 0.1) is 6.92 Å². The largest absolute Gasteiger partial charge is 0.493 e. The molecule has 0 saturated carbocycles. The van der Waals surface area contributed by atoms with E-state index in [0.29, 0.717) is 55.6 Å². The SMILES string of the molecule is COc1ccc(-c2cc3c(c(OC)c2)OCCN(C(=O)CCc2ccc(C)cc2)C3)nn1. The molecule has 1 aliphatic heterocycles. The zero-order chi connectivity index (χ0) is 22.5. The van der Waals surface area contributed by atoms with Crippen molar-refractivity contribution < 1.29 is 19.0 Å². The Kier molecular flexibility index (Phi) is 6.54. The highest BCUT2D eigenvalue weighted by Gasteiger charge is 2.23. The number of methoxy groups -OCH3 is 2. The van der Waals surface area contributed by atoms with Crippen LogP contribution in [0.4, 0.5) is 0 Å². The van der Waals surface area contributed by atoms with Gasteiger partial charge in [-0.05, 0) is 37.1 Å². The molecule has 3 aromatic rings. The van der Waals surface area contributed by atoms with E-state index in [2.05, 4.69) is 41.4 Å². The molecule has 0 atom stereocenters. The maximum atomic E-state index is 13.0. The van der Waals surface area contributed by atoms with Crippen LogP contribution >= 0.6 is 0 Å². The normalized spacial score (nSPS) is 13.0. The Hall–Kier alpha value is -3.61. The lowest BCUT2D eigenvalue weighted by Crippen LogP contribution is -2.32. The molecule has 0 spiro atoms. The molecular formula is C25H27N3O4. The maximum Gasteiger partial charge on any atom is 0.233 e. The average molecular weight is 434 g/mol. The Balaban J connectivity index is 1.54. The highest BCUT2D eigenvalue weighted by atomic mass is 16.5. The van der Waals surface area contributed by atoms with Gasteiger partial charge in [-0.1, -0.05) is 29.8 Å². The summed E-state index contributed by atoms with van der Waals surface area (Å²) in [6.45, 7) is 3.46. The molecule has 0 saturated heterocycles. The molecular weight excluding hydrogens is 406 g/mol.